The Morgan fingerprint density at radius 3 is 3.00 bits per heavy atom. The maximum atomic E-state index is 8.58. The molecular weight excluding hydrogens is 132 g/mol. The van der Waals surface area contributed by atoms with E-state index in [0.717, 1.165) is 12.8 Å². The first-order valence-corrected chi connectivity index (χ1v) is 3.49. The van der Waals surface area contributed by atoms with E-state index in [1.54, 1.807) is 0 Å². The van der Waals surface area contributed by atoms with Gasteiger partial charge in [0.15, 0.2) is 5.76 Å². The monoisotopic (exact) mass is 144 g/mol. The van der Waals surface area contributed by atoms with Gasteiger partial charge in [0.2, 0.25) is 6.29 Å². The van der Waals surface area contributed by atoms with E-state index < -0.39 is 0 Å². The predicted molar refractivity (Wildman–Crippen MR) is 36.0 cm³/mol. The third-order valence-electron chi connectivity index (χ3n) is 1.31. The fourth-order valence-electron chi connectivity index (χ4n) is 0.813. The van der Waals surface area contributed by atoms with Crippen LogP contribution in [0.1, 0.15) is 19.8 Å². The molecule has 1 unspecified atom stereocenters. The predicted octanol–water partition coefficient (Wildman–Crippen LogP) is 0.993. The summed E-state index contributed by atoms with van der Waals surface area (Å²) in [6.07, 6.45) is 3.21. The Labute approximate surface area is 60.3 Å². The molecule has 0 amide bonds. The van der Waals surface area contributed by atoms with Crippen LogP contribution in [0.2, 0.25) is 0 Å². The Balaban J connectivity index is 2.22. The fourth-order valence-corrected chi connectivity index (χ4v) is 0.813. The second kappa shape index (κ2) is 3.46. The van der Waals surface area contributed by atoms with Crippen molar-refractivity contribution in [3.05, 3.63) is 12.0 Å². The van der Waals surface area contributed by atoms with Crippen LogP contribution in [-0.2, 0) is 9.47 Å². The molecule has 0 spiro atoms. The molecule has 10 heavy (non-hydrogen) atoms. The Kier molecular flexibility index (Phi) is 2.57. The summed E-state index contributed by atoms with van der Waals surface area (Å²) in [4.78, 5) is 0. The SMILES string of the molecule is CCCC1OC=C(CO)O1. The highest BCUT2D eigenvalue weighted by Crippen LogP contribution is 2.16. The van der Waals surface area contributed by atoms with Gasteiger partial charge in [0.05, 0.1) is 0 Å². The van der Waals surface area contributed by atoms with Crippen molar-refractivity contribution in [1.82, 2.24) is 0 Å². The largest absolute Gasteiger partial charge is 0.459 e. The highest BCUT2D eigenvalue weighted by molar-refractivity contribution is 4.91. The number of ether oxygens (including phenoxy) is 2. The van der Waals surface area contributed by atoms with Crippen molar-refractivity contribution in [1.29, 1.82) is 0 Å². The van der Waals surface area contributed by atoms with E-state index in [1.165, 1.54) is 6.26 Å². The summed E-state index contributed by atoms with van der Waals surface area (Å²) in [5.74, 6) is 0.526. The van der Waals surface area contributed by atoms with Gasteiger partial charge in [-0.15, -0.1) is 0 Å². The van der Waals surface area contributed by atoms with Crippen molar-refractivity contribution in [2.75, 3.05) is 6.61 Å². The summed E-state index contributed by atoms with van der Waals surface area (Å²) in [5.41, 5.74) is 0. The summed E-state index contributed by atoms with van der Waals surface area (Å²) >= 11 is 0. The molecule has 3 nitrogen and oxygen atoms in total. The third-order valence-corrected chi connectivity index (χ3v) is 1.31. The molecule has 58 valence electrons. The normalized spacial score (nSPS) is 23.4. The summed E-state index contributed by atoms with van der Waals surface area (Å²) in [6.45, 7) is 1.99. The van der Waals surface area contributed by atoms with Crippen LogP contribution < -0.4 is 0 Å². The molecule has 0 aromatic rings. The van der Waals surface area contributed by atoms with Crippen molar-refractivity contribution < 1.29 is 14.6 Å². The second-order valence-electron chi connectivity index (χ2n) is 2.21. The van der Waals surface area contributed by atoms with Crippen molar-refractivity contribution in [3.8, 4) is 0 Å². The Bertz CT molecular complexity index is 131. The fraction of sp³-hybridized carbons (Fsp3) is 0.714. The quantitative estimate of drug-likeness (QED) is 0.642. The minimum Gasteiger partial charge on any atom is -0.459 e. The maximum Gasteiger partial charge on any atom is 0.240 e. The first-order valence-electron chi connectivity index (χ1n) is 3.49. The third kappa shape index (κ3) is 1.64. The molecule has 1 rings (SSSR count). The minimum absolute atomic E-state index is 0.0692. The molecule has 0 radical (unpaired) electrons. The number of rotatable bonds is 3. The lowest BCUT2D eigenvalue weighted by Gasteiger charge is -2.08. The molecule has 0 bridgehead atoms. The molecule has 0 aliphatic carbocycles. The molecule has 1 heterocycles. The van der Waals surface area contributed by atoms with Gasteiger partial charge in [-0.25, -0.2) is 0 Å². The van der Waals surface area contributed by atoms with E-state index in [-0.39, 0.29) is 12.9 Å². The van der Waals surface area contributed by atoms with Crippen LogP contribution in [-0.4, -0.2) is 18.0 Å². The zero-order chi connectivity index (χ0) is 7.40. The van der Waals surface area contributed by atoms with Crippen LogP contribution in [0.25, 0.3) is 0 Å². The standard InChI is InChI=1S/C7H12O3/c1-2-3-7-9-5-6(4-8)10-7/h5,7-8H,2-4H2,1H3. The van der Waals surface area contributed by atoms with E-state index >= 15 is 0 Å². The maximum absolute atomic E-state index is 8.58. The number of aliphatic hydroxyl groups is 1. The summed E-state index contributed by atoms with van der Waals surface area (Å²) in [6, 6.07) is 0. The van der Waals surface area contributed by atoms with E-state index in [0.29, 0.717) is 5.76 Å². The molecule has 0 fully saturated rings. The van der Waals surface area contributed by atoms with E-state index in [1.807, 2.05) is 0 Å². The highest BCUT2D eigenvalue weighted by atomic mass is 16.7. The van der Waals surface area contributed by atoms with Crippen LogP contribution in [0.3, 0.4) is 0 Å². The van der Waals surface area contributed by atoms with Gasteiger partial charge in [0.25, 0.3) is 0 Å². The topological polar surface area (TPSA) is 38.7 Å². The van der Waals surface area contributed by atoms with Crippen LogP contribution >= 0.6 is 0 Å². The lowest BCUT2D eigenvalue weighted by molar-refractivity contribution is -0.0422. The zero-order valence-electron chi connectivity index (χ0n) is 6.04. The van der Waals surface area contributed by atoms with Gasteiger partial charge in [-0.05, 0) is 6.42 Å². The van der Waals surface area contributed by atoms with Gasteiger partial charge in [-0.2, -0.15) is 0 Å². The van der Waals surface area contributed by atoms with Crippen molar-refractivity contribution in [3.63, 3.8) is 0 Å². The Hall–Kier alpha value is -0.700. The Morgan fingerprint density at radius 1 is 1.70 bits per heavy atom. The van der Waals surface area contributed by atoms with Gasteiger partial charge in [-0.1, -0.05) is 6.92 Å². The van der Waals surface area contributed by atoms with Gasteiger partial charge >= 0.3 is 0 Å². The lowest BCUT2D eigenvalue weighted by atomic mass is 10.3. The molecule has 0 saturated carbocycles. The van der Waals surface area contributed by atoms with Crippen molar-refractivity contribution in [2.24, 2.45) is 0 Å². The molecule has 1 atom stereocenters. The van der Waals surface area contributed by atoms with E-state index in [4.69, 9.17) is 14.6 Å². The molecule has 0 saturated heterocycles. The molecule has 0 aromatic heterocycles. The molecular formula is C7H12O3. The smallest absolute Gasteiger partial charge is 0.240 e. The molecule has 1 N–H and O–H groups in total. The molecule has 1 aliphatic heterocycles. The van der Waals surface area contributed by atoms with Crippen LogP contribution in [0.4, 0.5) is 0 Å². The average molecular weight is 144 g/mol. The number of hydrogen-bond donors (Lipinski definition) is 1. The van der Waals surface area contributed by atoms with Gasteiger partial charge in [0.1, 0.15) is 12.9 Å². The second-order valence-corrected chi connectivity index (χ2v) is 2.21. The minimum atomic E-state index is -0.160. The van der Waals surface area contributed by atoms with Crippen LogP contribution in [0.5, 0.6) is 0 Å². The first kappa shape index (κ1) is 7.41. The number of hydrogen-bond acceptors (Lipinski definition) is 3. The Morgan fingerprint density at radius 2 is 2.50 bits per heavy atom. The van der Waals surface area contributed by atoms with Crippen molar-refractivity contribution in [2.45, 2.75) is 26.1 Å². The van der Waals surface area contributed by atoms with Crippen LogP contribution in [0.15, 0.2) is 12.0 Å². The van der Waals surface area contributed by atoms with Gasteiger partial charge in [-0.3, -0.25) is 0 Å². The number of aliphatic hydroxyl groups excluding tert-OH is 1. The lowest BCUT2D eigenvalue weighted by Crippen LogP contribution is -2.07. The van der Waals surface area contributed by atoms with Gasteiger partial charge in [0, 0.05) is 6.42 Å². The zero-order valence-corrected chi connectivity index (χ0v) is 6.04. The van der Waals surface area contributed by atoms with E-state index in [9.17, 15) is 0 Å². The molecule has 1 aliphatic rings. The highest BCUT2D eigenvalue weighted by Gasteiger charge is 2.16. The average Bonchev–Trinajstić information content (AvgIpc) is 2.37. The van der Waals surface area contributed by atoms with Gasteiger partial charge < -0.3 is 14.6 Å². The van der Waals surface area contributed by atoms with Crippen molar-refractivity contribution >= 4 is 0 Å². The first-order chi connectivity index (χ1) is 4.86. The summed E-state index contributed by atoms with van der Waals surface area (Å²) in [7, 11) is 0. The summed E-state index contributed by atoms with van der Waals surface area (Å²) < 4.78 is 10.2. The molecule has 0 aromatic carbocycles. The van der Waals surface area contributed by atoms with E-state index in [2.05, 4.69) is 6.92 Å². The molecule has 3 heteroatoms. The summed E-state index contributed by atoms with van der Waals surface area (Å²) in [5, 5.41) is 8.58. The van der Waals surface area contributed by atoms with Crippen LogP contribution in [0, 0.1) is 0 Å².